The number of carbonyl (C=O) groups is 5. The smallest absolute Gasteiger partial charge is 0.329 e. The molecule has 1 aliphatic carbocycles. The third-order valence-electron chi connectivity index (χ3n) is 17.5. The molecule has 2 bridgehead atoms. The summed E-state index contributed by atoms with van der Waals surface area (Å²) in [6, 6.07) is -1.25. The predicted octanol–water partition coefficient (Wildman–Crippen LogP) is 4.37. The lowest BCUT2D eigenvalue weighted by atomic mass is 9.78. The Kier molecular flexibility index (Phi) is 35.9. The molecule has 0 aromatic rings. The van der Waals surface area contributed by atoms with Crippen molar-refractivity contribution in [2.75, 3.05) is 120 Å². The number of cyclic esters (lactones) is 1. The van der Waals surface area contributed by atoms with E-state index >= 15 is 0 Å². The highest BCUT2D eigenvalue weighted by Gasteiger charge is 2.53. The number of nitrogens with zero attached hydrogens (tertiary/aromatic N) is 1. The topological polar surface area (TPSA) is 312 Å². The van der Waals surface area contributed by atoms with Crippen LogP contribution in [-0.4, -0.2) is 245 Å². The number of amides is 1. The number of ketones is 3. The molecule has 3 heterocycles. The van der Waals surface area contributed by atoms with E-state index in [0.717, 1.165) is 4.90 Å². The van der Waals surface area contributed by atoms with Crippen molar-refractivity contribution in [1.29, 1.82) is 0 Å². The van der Waals surface area contributed by atoms with Crippen LogP contribution in [0.4, 0.5) is 0 Å². The van der Waals surface area contributed by atoms with Gasteiger partial charge in [-0.1, -0.05) is 71.1 Å². The Labute approximate surface area is 527 Å². The van der Waals surface area contributed by atoms with Gasteiger partial charge in [0.15, 0.2) is 5.78 Å². The van der Waals surface area contributed by atoms with E-state index in [1.807, 2.05) is 51.2 Å². The van der Waals surface area contributed by atoms with Crippen LogP contribution in [0.2, 0.25) is 0 Å². The van der Waals surface area contributed by atoms with Crippen molar-refractivity contribution in [3.05, 3.63) is 47.6 Å². The van der Waals surface area contributed by atoms with Gasteiger partial charge in [-0.3, -0.25) is 19.2 Å². The van der Waals surface area contributed by atoms with Crippen LogP contribution in [0.3, 0.4) is 0 Å². The number of hydrogen-bond donors (Lipinski definition) is 6. The number of rotatable bonds is 28. The number of piperidine rings is 1. The molecule has 4 aliphatic rings. The van der Waals surface area contributed by atoms with E-state index in [4.69, 9.17) is 52.1 Å². The van der Waals surface area contributed by atoms with Gasteiger partial charge >= 0.3 is 5.97 Å². The van der Waals surface area contributed by atoms with E-state index in [9.17, 15) is 54.6 Å². The fourth-order valence-corrected chi connectivity index (χ4v) is 12.1. The lowest BCUT2D eigenvalue weighted by molar-refractivity contribution is -0.269. The van der Waals surface area contributed by atoms with Gasteiger partial charge in [0.25, 0.3) is 11.7 Å². The highest BCUT2D eigenvalue weighted by molar-refractivity contribution is 6.39. The van der Waals surface area contributed by atoms with Gasteiger partial charge < -0.3 is 87.6 Å². The summed E-state index contributed by atoms with van der Waals surface area (Å²) in [5.74, 6) is -9.10. The van der Waals surface area contributed by atoms with Gasteiger partial charge in [0.1, 0.15) is 35.7 Å². The second kappa shape index (κ2) is 41.1. The van der Waals surface area contributed by atoms with Crippen LogP contribution < -0.4 is 0 Å². The number of Topliss-reactive ketones (excluding diaryl/α,β-unsaturated/α-hetero) is 3. The molecule has 23 heteroatoms. The Morgan fingerprint density at radius 2 is 1.31 bits per heavy atom. The first kappa shape index (κ1) is 77.7. The van der Waals surface area contributed by atoms with Crippen molar-refractivity contribution in [3.8, 4) is 0 Å². The Balaban J connectivity index is 1.82. The second-order valence-electron chi connectivity index (χ2n) is 24.8. The maximum Gasteiger partial charge on any atom is 0.329 e. The van der Waals surface area contributed by atoms with E-state index in [1.54, 1.807) is 40.9 Å². The quantitative estimate of drug-likeness (QED) is 0.0274. The summed E-state index contributed by atoms with van der Waals surface area (Å²) in [6.45, 7) is 12.6. The highest BCUT2D eigenvalue weighted by atomic mass is 16.6. The molecule has 3 aliphatic heterocycles. The van der Waals surface area contributed by atoms with Crippen molar-refractivity contribution >= 4 is 29.2 Å². The monoisotopic (exact) mass is 1270 g/mol. The Morgan fingerprint density at radius 1 is 0.708 bits per heavy atom. The number of allylic oxidation sites excluding steroid dienone is 6. The molecule has 23 nitrogen and oxygen atoms in total. The molecule has 0 aromatic carbocycles. The zero-order valence-electron chi connectivity index (χ0n) is 54.5. The normalized spacial score (nSPS) is 33.0. The minimum Gasteiger partial charge on any atom is -0.460 e. The van der Waals surface area contributed by atoms with Crippen LogP contribution in [0.15, 0.2) is 47.6 Å². The zero-order valence-corrected chi connectivity index (χ0v) is 54.5. The van der Waals surface area contributed by atoms with Gasteiger partial charge in [0.05, 0.1) is 124 Å². The van der Waals surface area contributed by atoms with Gasteiger partial charge in [-0.15, -0.1) is 0 Å². The Morgan fingerprint density at radius 3 is 1.90 bits per heavy atom. The molecule has 510 valence electrons. The van der Waals surface area contributed by atoms with Crippen LogP contribution >= 0.6 is 0 Å². The number of aliphatic hydroxyl groups is 6. The second-order valence-corrected chi connectivity index (χ2v) is 24.8. The molecule has 3 fully saturated rings. The van der Waals surface area contributed by atoms with Gasteiger partial charge in [-0.25, -0.2) is 4.79 Å². The molecule has 89 heavy (non-hydrogen) atoms. The summed E-state index contributed by atoms with van der Waals surface area (Å²) in [5, 5.41) is 62.8. The lowest BCUT2D eigenvalue weighted by Gasteiger charge is -2.43. The van der Waals surface area contributed by atoms with Crippen LogP contribution in [0.5, 0.6) is 0 Å². The molecule has 0 radical (unpaired) electrons. The van der Waals surface area contributed by atoms with Gasteiger partial charge in [0, 0.05) is 51.4 Å². The van der Waals surface area contributed by atoms with Crippen molar-refractivity contribution in [1.82, 2.24) is 4.90 Å². The number of methoxy groups -OCH3 is 2. The molecular weight excluding hydrogens is 1160 g/mol. The van der Waals surface area contributed by atoms with Gasteiger partial charge in [0.2, 0.25) is 5.79 Å². The molecule has 1 amide bonds. The fraction of sp³-hybridized carbons (Fsp3) is 0.803. The summed E-state index contributed by atoms with van der Waals surface area (Å²) in [5.41, 5.74) is -0.383. The molecular formula is C66H109NO22. The largest absolute Gasteiger partial charge is 0.460 e. The van der Waals surface area contributed by atoms with Crippen LogP contribution in [0, 0.1) is 35.5 Å². The fourth-order valence-electron chi connectivity index (χ4n) is 12.1. The molecule has 15 atom stereocenters. The van der Waals surface area contributed by atoms with Crippen LogP contribution in [0.25, 0.3) is 0 Å². The molecule has 6 N–H and O–H groups in total. The van der Waals surface area contributed by atoms with E-state index in [-0.39, 0.29) is 155 Å². The summed E-state index contributed by atoms with van der Waals surface area (Å²) in [6.07, 6.45) is 8.61. The minimum atomic E-state index is -2.64. The third kappa shape index (κ3) is 25.3. The van der Waals surface area contributed by atoms with Gasteiger partial charge in [-0.05, 0) is 107 Å². The first-order chi connectivity index (χ1) is 42.6. The maximum absolute atomic E-state index is 14.9. The molecule has 2 unspecified atom stereocenters. The average Bonchev–Trinajstić information content (AvgIpc) is 1.00. The first-order valence-electron chi connectivity index (χ1n) is 32.2. The van der Waals surface area contributed by atoms with Crippen molar-refractivity contribution in [2.24, 2.45) is 35.5 Å². The number of esters is 1. The molecule has 0 aromatic heterocycles. The standard InChI is InChI=1S/C66H109NO22/c1-44-15-11-10-12-16-45(2)57(89-65(41-84-32-29-81-26-23-68,42-85-33-30-82-27-24-69)43-86-34-31-83-28-25-70)39-52-20-18-50(7)66(78,88-52)62(75)63(76)67-22-14-13-17-53(67)64(77)87-56(47(4)37-51-19-21-54(71)58(38-51)79-8)40-55(72)46(3)36-49(6)60(74)61(80-9)59(73)48(5)35-44/h10-12,15-16,36,44,46-48,50-54,56-58,60-61,68-71,74,78H,13-14,17-35,37-43H2,1-9H3/b12-10+,15-11+,45-16+,49-36+/t44-,46-,47-,48-,50-,51+,52+,53?,54-,56+,57?,58-,60-,61+,66-/m1/s1. The Bertz CT molecular complexity index is 2200. The molecule has 2 saturated heterocycles. The average molecular weight is 1270 g/mol. The van der Waals surface area contributed by atoms with Crippen LogP contribution in [-0.2, 0) is 76.1 Å². The molecule has 1 saturated carbocycles. The third-order valence-corrected chi connectivity index (χ3v) is 17.5. The summed E-state index contributed by atoms with van der Waals surface area (Å²) >= 11 is 0. The van der Waals surface area contributed by atoms with Crippen molar-refractivity contribution < 1.29 is 107 Å². The van der Waals surface area contributed by atoms with Crippen molar-refractivity contribution in [2.45, 2.75) is 186 Å². The highest BCUT2D eigenvalue weighted by Crippen LogP contribution is 2.39. The van der Waals surface area contributed by atoms with E-state index in [1.165, 1.54) is 7.11 Å². The molecule has 0 spiro atoms. The van der Waals surface area contributed by atoms with Gasteiger partial charge in [-0.2, -0.15) is 0 Å². The van der Waals surface area contributed by atoms with Crippen LogP contribution in [0.1, 0.15) is 126 Å². The summed E-state index contributed by atoms with van der Waals surface area (Å²) in [7, 11) is 2.91. The number of aliphatic hydroxyl groups excluding tert-OH is 5. The van der Waals surface area contributed by atoms with E-state index in [2.05, 4.69) is 0 Å². The predicted molar refractivity (Wildman–Crippen MR) is 328 cm³/mol. The van der Waals surface area contributed by atoms with E-state index in [0.29, 0.717) is 62.5 Å². The lowest BCUT2D eigenvalue weighted by Crippen LogP contribution is -2.61. The van der Waals surface area contributed by atoms with Crippen molar-refractivity contribution in [3.63, 3.8) is 0 Å². The number of carbonyl (C=O) groups excluding carboxylic acids is 5. The number of fused-ring (bicyclic) bond motifs is 3. The molecule has 4 rings (SSSR count). The minimum absolute atomic E-state index is 0.00212. The first-order valence-corrected chi connectivity index (χ1v) is 32.2. The SMILES string of the molecule is CO[C@@H]1C[C@H](C[C@@H](C)[C@@H]2CC(=O)[C@H](C)/C=C(\C)[C@@H](O)[C@@H](OC)C(=O)[C@H](C)C[C@H](C)/C=C/C=C/C=C(\C)C(OC(COCCOCCO)(COCCOCCO)COCCOCCO)C[C@@H]3CC[C@@H](C)[C@@](O)(O3)C(=O)C(=O)N3CCCCC3C(=O)O2)CC[C@H]1O. The number of ether oxygens (including phenoxy) is 11. The Hall–Kier alpha value is -3.73. The van der Waals surface area contributed by atoms with E-state index < -0.39 is 101 Å². The maximum atomic E-state index is 14.9. The summed E-state index contributed by atoms with van der Waals surface area (Å²) in [4.78, 5) is 74.0. The number of hydrogen-bond acceptors (Lipinski definition) is 22. The zero-order chi connectivity index (χ0) is 65.5. The summed E-state index contributed by atoms with van der Waals surface area (Å²) < 4.78 is 66.2.